The SMILES string of the molecule is CNS(=O)(=O)c1cccc(C2(OC)C3CCC2CN(CC2CC2)C3)c1. The highest BCUT2D eigenvalue weighted by molar-refractivity contribution is 7.89. The Kier molecular flexibility index (Phi) is 4.43. The van der Waals surface area contributed by atoms with E-state index in [9.17, 15) is 8.42 Å². The molecule has 0 aromatic heterocycles. The topological polar surface area (TPSA) is 58.6 Å². The molecule has 1 aromatic rings. The van der Waals surface area contributed by atoms with Crippen molar-refractivity contribution in [1.29, 1.82) is 0 Å². The molecule has 6 heteroatoms. The lowest BCUT2D eigenvalue weighted by molar-refractivity contribution is -0.119. The summed E-state index contributed by atoms with van der Waals surface area (Å²) in [7, 11) is -0.198. The first-order chi connectivity index (χ1) is 12.0. The predicted molar refractivity (Wildman–Crippen MR) is 96.8 cm³/mol. The summed E-state index contributed by atoms with van der Waals surface area (Å²) in [5.41, 5.74) is 0.671. The number of ether oxygens (including phenoxy) is 1. The molecule has 2 atom stereocenters. The molecule has 0 spiro atoms. The number of rotatable bonds is 6. The number of nitrogens with one attached hydrogen (secondary N) is 1. The molecule has 5 nitrogen and oxygen atoms in total. The van der Waals surface area contributed by atoms with Crippen LogP contribution in [0.2, 0.25) is 0 Å². The average molecular weight is 365 g/mol. The number of hydrogen-bond acceptors (Lipinski definition) is 4. The van der Waals surface area contributed by atoms with Gasteiger partial charge in [0.05, 0.1) is 4.90 Å². The molecule has 1 N–H and O–H groups in total. The highest BCUT2D eigenvalue weighted by Gasteiger charge is 2.55. The van der Waals surface area contributed by atoms with Gasteiger partial charge in [-0.15, -0.1) is 0 Å². The third kappa shape index (κ3) is 2.93. The van der Waals surface area contributed by atoms with Gasteiger partial charge in [0.1, 0.15) is 5.60 Å². The average Bonchev–Trinajstić information content (AvgIpc) is 3.40. The van der Waals surface area contributed by atoms with Crippen molar-refractivity contribution in [3.63, 3.8) is 0 Å². The van der Waals surface area contributed by atoms with E-state index in [4.69, 9.17) is 4.74 Å². The third-order valence-corrected chi connectivity index (χ3v) is 7.86. The van der Waals surface area contributed by atoms with Crippen molar-refractivity contribution >= 4 is 10.0 Å². The van der Waals surface area contributed by atoms with Crippen LogP contribution in [-0.2, 0) is 20.4 Å². The molecule has 2 aliphatic carbocycles. The molecule has 1 heterocycles. The minimum atomic E-state index is -3.44. The smallest absolute Gasteiger partial charge is 0.240 e. The van der Waals surface area contributed by atoms with E-state index in [1.54, 1.807) is 13.2 Å². The van der Waals surface area contributed by atoms with Crippen molar-refractivity contribution in [1.82, 2.24) is 9.62 Å². The van der Waals surface area contributed by atoms with E-state index in [0.717, 1.165) is 37.4 Å². The number of nitrogens with zero attached hydrogens (tertiary/aromatic N) is 1. The van der Waals surface area contributed by atoms with E-state index in [1.165, 1.54) is 26.4 Å². The maximum absolute atomic E-state index is 12.2. The summed E-state index contributed by atoms with van der Waals surface area (Å²) in [4.78, 5) is 2.94. The molecule has 25 heavy (non-hydrogen) atoms. The van der Waals surface area contributed by atoms with Crippen LogP contribution in [0.3, 0.4) is 0 Å². The molecule has 1 aromatic carbocycles. The molecule has 1 saturated heterocycles. The Morgan fingerprint density at radius 1 is 1.20 bits per heavy atom. The van der Waals surface area contributed by atoms with E-state index >= 15 is 0 Å². The summed E-state index contributed by atoms with van der Waals surface area (Å²) in [5, 5.41) is 0. The van der Waals surface area contributed by atoms with Gasteiger partial charge >= 0.3 is 0 Å². The number of hydrogen-bond donors (Lipinski definition) is 1. The molecule has 3 fully saturated rings. The van der Waals surface area contributed by atoms with Crippen molar-refractivity contribution in [3.05, 3.63) is 29.8 Å². The highest BCUT2D eigenvalue weighted by atomic mass is 32.2. The van der Waals surface area contributed by atoms with E-state index < -0.39 is 10.0 Å². The zero-order chi connectivity index (χ0) is 17.7. The van der Waals surface area contributed by atoms with Crippen LogP contribution >= 0.6 is 0 Å². The van der Waals surface area contributed by atoms with Crippen LogP contribution in [0.25, 0.3) is 0 Å². The number of methoxy groups -OCH3 is 1. The second-order valence-corrected chi connectivity index (χ2v) is 9.75. The van der Waals surface area contributed by atoms with Crippen molar-refractivity contribution in [3.8, 4) is 0 Å². The first kappa shape index (κ1) is 17.5. The lowest BCUT2D eigenvalue weighted by atomic mass is 9.75. The molecule has 0 amide bonds. The van der Waals surface area contributed by atoms with Gasteiger partial charge in [-0.2, -0.15) is 0 Å². The number of fused-ring (bicyclic) bond motifs is 2. The van der Waals surface area contributed by atoms with Gasteiger partial charge in [-0.05, 0) is 56.3 Å². The van der Waals surface area contributed by atoms with Crippen molar-refractivity contribution in [2.45, 2.75) is 36.2 Å². The molecule has 2 bridgehead atoms. The molecular weight excluding hydrogens is 336 g/mol. The molecule has 0 radical (unpaired) electrons. The Morgan fingerprint density at radius 3 is 2.44 bits per heavy atom. The van der Waals surface area contributed by atoms with Crippen molar-refractivity contribution in [2.75, 3.05) is 33.8 Å². The van der Waals surface area contributed by atoms with Crippen molar-refractivity contribution < 1.29 is 13.2 Å². The van der Waals surface area contributed by atoms with Crippen LogP contribution in [0.5, 0.6) is 0 Å². The van der Waals surface area contributed by atoms with Crippen LogP contribution in [0.4, 0.5) is 0 Å². The quantitative estimate of drug-likeness (QED) is 0.841. The molecule has 4 rings (SSSR count). The predicted octanol–water partition coefficient (Wildman–Crippen LogP) is 2.19. The monoisotopic (exact) mass is 364 g/mol. The highest BCUT2D eigenvalue weighted by Crippen LogP contribution is 2.54. The fourth-order valence-corrected chi connectivity index (χ4v) is 5.85. The summed E-state index contributed by atoms with van der Waals surface area (Å²) < 4.78 is 33.1. The van der Waals surface area contributed by atoms with Gasteiger partial charge in [-0.1, -0.05) is 12.1 Å². The fraction of sp³-hybridized carbons (Fsp3) is 0.684. The van der Waals surface area contributed by atoms with Crippen molar-refractivity contribution in [2.24, 2.45) is 17.8 Å². The second-order valence-electron chi connectivity index (χ2n) is 7.87. The first-order valence-electron chi connectivity index (χ1n) is 9.31. The summed E-state index contributed by atoms with van der Waals surface area (Å²) in [6.07, 6.45) is 5.07. The summed E-state index contributed by atoms with van der Waals surface area (Å²) in [5.74, 6) is 1.77. The Hall–Kier alpha value is -0.950. The lowest BCUT2D eigenvalue weighted by Gasteiger charge is -2.47. The molecule has 2 unspecified atom stereocenters. The van der Waals surface area contributed by atoms with Gasteiger partial charge in [0, 0.05) is 38.6 Å². The standard InChI is InChI=1S/C19H28N2O3S/c1-20-25(22,23)18-5-3-4-15(10-18)19(24-2)16-8-9-17(19)13-21(12-16)11-14-6-7-14/h3-5,10,14,16-17,20H,6-9,11-13H2,1-2H3. The van der Waals surface area contributed by atoms with Crippen LogP contribution in [0.15, 0.2) is 29.2 Å². The molecule has 3 aliphatic rings. The third-order valence-electron chi connectivity index (χ3n) is 6.45. The zero-order valence-corrected chi connectivity index (χ0v) is 15.9. The van der Waals surface area contributed by atoms with Crippen LogP contribution in [0.1, 0.15) is 31.2 Å². The minimum Gasteiger partial charge on any atom is -0.373 e. The molecule has 1 aliphatic heterocycles. The molecular formula is C19H28N2O3S. The number of benzene rings is 1. The Labute approximate surface area is 150 Å². The number of likely N-dealkylation sites (tertiary alicyclic amines) is 1. The Morgan fingerprint density at radius 2 is 1.88 bits per heavy atom. The number of piperidine rings is 1. The van der Waals surface area contributed by atoms with E-state index in [1.807, 2.05) is 18.2 Å². The molecule has 138 valence electrons. The maximum Gasteiger partial charge on any atom is 0.240 e. The lowest BCUT2D eigenvalue weighted by Crippen LogP contribution is -2.53. The van der Waals surface area contributed by atoms with Gasteiger partial charge < -0.3 is 9.64 Å². The minimum absolute atomic E-state index is 0.323. The van der Waals surface area contributed by atoms with Gasteiger partial charge in [0.15, 0.2) is 0 Å². The van der Waals surface area contributed by atoms with Gasteiger partial charge in [-0.3, -0.25) is 0 Å². The second kappa shape index (κ2) is 6.34. The zero-order valence-electron chi connectivity index (χ0n) is 15.1. The van der Waals surface area contributed by atoms with E-state index in [-0.39, 0.29) is 5.60 Å². The largest absolute Gasteiger partial charge is 0.373 e. The summed E-state index contributed by atoms with van der Waals surface area (Å²) in [6.45, 7) is 3.34. The Bertz CT molecular complexity index is 731. The maximum atomic E-state index is 12.2. The van der Waals surface area contributed by atoms with Crippen LogP contribution < -0.4 is 4.72 Å². The molecule has 2 saturated carbocycles. The van der Waals surface area contributed by atoms with E-state index in [0.29, 0.717) is 16.7 Å². The fourth-order valence-electron chi connectivity index (χ4n) is 5.08. The van der Waals surface area contributed by atoms with E-state index in [2.05, 4.69) is 9.62 Å². The van der Waals surface area contributed by atoms with Crippen LogP contribution in [0, 0.1) is 17.8 Å². The van der Waals surface area contributed by atoms with Gasteiger partial charge in [0.25, 0.3) is 0 Å². The Balaban J connectivity index is 1.67. The summed E-state index contributed by atoms with van der Waals surface area (Å²) in [6, 6.07) is 7.36. The summed E-state index contributed by atoms with van der Waals surface area (Å²) >= 11 is 0. The van der Waals surface area contributed by atoms with Gasteiger partial charge in [-0.25, -0.2) is 13.1 Å². The number of sulfonamides is 1. The van der Waals surface area contributed by atoms with Crippen LogP contribution in [-0.4, -0.2) is 47.1 Å². The van der Waals surface area contributed by atoms with Gasteiger partial charge in [0.2, 0.25) is 10.0 Å². The normalized spacial score (nSPS) is 32.9. The first-order valence-corrected chi connectivity index (χ1v) is 10.8.